The summed E-state index contributed by atoms with van der Waals surface area (Å²) in [7, 11) is 0. The summed E-state index contributed by atoms with van der Waals surface area (Å²) >= 11 is 0. The average molecular weight is 415 g/mol. The predicted octanol–water partition coefficient (Wildman–Crippen LogP) is 7.88. The van der Waals surface area contributed by atoms with Crippen LogP contribution in [0, 0.1) is 58.2 Å². The smallest absolute Gasteiger partial charge is 0.0546 e. The SMILES string of the molecule is CC[C@H](CC[C@@H](C)[C@H]1CC[C@H]2[C@@H]3C=CC4C[C@@H](O)CC[C@]4(C)[C@H]3CC[C@]12C)C(C)C. The highest BCUT2D eigenvalue weighted by atomic mass is 16.3. The molecule has 3 saturated carbocycles. The van der Waals surface area contributed by atoms with Crippen molar-refractivity contribution >= 4 is 0 Å². The second kappa shape index (κ2) is 8.57. The molecule has 172 valence electrons. The number of aliphatic hydroxyl groups excluding tert-OH is 1. The van der Waals surface area contributed by atoms with Crippen LogP contribution in [0.4, 0.5) is 0 Å². The average Bonchev–Trinajstić information content (AvgIpc) is 3.06. The van der Waals surface area contributed by atoms with Crippen molar-refractivity contribution in [3.8, 4) is 0 Å². The molecule has 0 heterocycles. The quantitative estimate of drug-likeness (QED) is 0.438. The normalized spacial score (nSPS) is 47.5. The Hall–Kier alpha value is -0.300. The molecule has 0 aromatic carbocycles. The zero-order valence-electron chi connectivity index (χ0n) is 20.9. The third kappa shape index (κ3) is 3.74. The van der Waals surface area contributed by atoms with Crippen LogP contribution in [0.3, 0.4) is 0 Å². The van der Waals surface area contributed by atoms with Gasteiger partial charge < -0.3 is 5.11 Å². The van der Waals surface area contributed by atoms with E-state index < -0.39 is 0 Å². The molecule has 1 nitrogen and oxygen atoms in total. The molecule has 0 bridgehead atoms. The van der Waals surface area contributed by atoms with Crippen molar-refractivity contribution in [1.82, 2.24) is 0 Å². The van der Waals surface area contributed by atoms with Crippen LogP contribution in [0.25, 0.3) is 0 Å². The van der Waals surface area contributed by atoms with E-state index in [-0.39, 0.29) is 6.10 Å². The first kappa shape index (κ1) is 22.9. The molecule has 1 heteroatoms. The van der Waals surface area contributed by atoms with Gasteiger partial charge in [0.15, 0.2) is 0 Å². The van der Waals surface area contributed by atoms with Crippen molar-refractivity contribution in [1.29, 1.82) is 0 Å². The van der Waals surface area contributed by atoms with Crippen molar-refractivity contribution < 1.29 is 5.11 Å². The van der Waals surface area contributed by atoms with Gasteiger partial charge in [-0.2, -0.15) is 0 Å². The van der Waals surface area contributed by atoms with E-state index in [1.54, 1.807) is 0 Å². The molecule has 10 atom stereocenters. The van der Waals surface area contributed by atoms with Crippen molar-refractivity contribution in [2.75, 3.05) is 0 Å². The fraction of sp³-hybridized carbons (Fsp3) is 0.931. The first-order valence-corrected chi connectivity index (χ1v) is 13.6. The third-order valence-corrected chi connectivity index (χ3v) is 11.4. The lowest BCUT2D eigenvalue weighted by molar-refractivity contribution is -0.0814. The van der Waals surface area contributed by atoms with E-state index in [0.717, 1.165) is 54.3 Å². The second-order valence-corrected chi connectivity index (χ2v) is 12.9. The van der Waals surface area contributed by atoms with Crippen LogP contribution >= 0.6 is 0 Å². The van der Waals surface area contributed by atoms with Gasteiger partial charge in [0.05, 0.1) is 6.10 Å². The lowest BCUT2D eigenvalue weighted by Crippen LogP contribution is -2.52. The van der Waals surface area contributed by atoms with E-state index in [1.165, 1.54) is 51.4 Å². The maximum absolute atomic E-state index is 10.3. The van der Waals surface area contributed by atoms with Crippen LogP contribution in [0.15, 0.2) is 12.2 Å². The number of aliphatic hydroxyl groups is 1. The lowest BCUT2D eigenvalue weighted by Gasteiger charge is -2.59. The molecule has 4 rings (SSSR count). The van der Waals surface area contributed by atoms with Crippen molar-refractivity contribution in [2.24, 2.45) is 58.2 Å². The molecule has 4 aliphatic rings. The van der Waals surface area contributed by atoms with Crippen LogP contribution in [0.1, 0.15) is 106 Å². The highest BCUT2D eigenvalue weighted by Crippen LogP contribution is 2.67. The molecule has 0 saturated heterocycles. The summed E-state index contributed by atoms with van der Waals surface area (Å²) in [6, 6.07) is 0. The van der Waals surface area contributed by atoms with E-state index in [1.807, 2.05) is 0 Å². The minimum Gasteiger partial charge on any atom is -0.393 e. The monoisotopic (exact) mass is 414 g/mol. The fourth-order valence-electron chi connectivity index (χ4n) is 9.26. The second-order valence-electron chi connectivity index (χ2n) is 12.9. The summed E-state index contributed by atoms with van der Waals surface area (Å²) < 4.78 is 0. The van der Waals surface area contributed by atoms with E-state index in [9.17, 15) is 5.11 Å². The molecule has 0 amide bonds. The Morgan fingerprint density at radius 2 is 1.60 bits per heavy atom. The van der Waals surface area contributed by atoms with Crippen molar-refractivity contribution in [3.63, 3.8) is 0 Å². The van der Waals surface area contributed by atoms with Gasteiger partial charge in [0.1, 0.15) is 0 Å². The van der Waals surface area contributed by atoms with Crippen molar-refractivity contribution in [3.05, 3.63) is 12.2 Å². The van der Waals surface area contributed by atoms with Gasteiger partial charge in [-0.3, -0.25) is 0 Å². The molecule has 1 N–H and O–H groups in total. The zero-order chi connectivity index (χ0) is 21.7. The molecule has 0 aromatic rings. The Labute approximate surface area is 187 Å². The molecule has 0 radical (unpaired) electrons. The molecule has 0 aliphatic heterocycles. The summed E-state index contributed by atoms with van der Waals surface area (Å²) in [5.74, 6) is 6.73. The third-order valence-electron chi connectivity index (χ3n) is 11.4. The minimum absolute atomic E-state index is 0.0624. The van der Waals surface area contributed by atoms with Crippen LogP contribution in [-0.2, 0) is 0 Å². The van der Waals surface area contributed by atoms with Crippen LogP contribution in [0.2, 0.25) is 0 Å². The standard InChI is InChI=1S/C29H50O/c1-7-21(19(2)3)9-8-20(4)25-12-13-26-24-11-10-22-18-23(30)14-16-28(22,5)27(24)15-17-29(25,26)6/h10-11,19-27,30H,7-9,12-18H2,1-6H3/t20-,21-,22?,23+,24+,25-,26+,27+,28+,29-/m1/s1. The minimum atomic E-state index is -0.0624. The Bertz CT molecular complexity index is 622. The van der Waals surface area contributed by atoms with Gasteiger partial charge in [0, 0.05) is 0 Å². The van der Waals surface area contributed by atoms with Gasteiger partial charge in [-0.1, -0.05) is 66.5 Å². The number of fused-ring (bicyclic) bond motifs is 5. The maximum atomic E-state index is 10.3. The molecular weight excluding hydrogens is 364 g/mol. The lowest BCUT2D eigenvalue weighted by atomic mass is 9.46. The molecule has 0 aromatic heterocycles. The van der Waals surface area contributed by atoms with Gasteiger partial charge in [-0.15, -0.1) is 0 Å². The number of rotatable bonds is 6. The molecule has 1 unspecified atom stereocenters. The van der Waals surface area contributed by atoms with Gasteiger partial charge in [0.2, 0.25) is 0 Å². The van der Waals surface area contributed by atoms with E-state index >= 15 is 0 Å². The topological polar surface area (TPSA) is 20.2 Å². The maximum Gasteiger partial charge on any atom is 0.0546 e. The molecule has 4 aliphatic carbocycles. The highest BCUT2D eigenvalue weighted by Gasteiger charge is 2.59. The van der Waals surface area contributed by atoms with Gasteiger partial charge in [-0.25, -0.2) is 0 Å². The zero-order valence-corrected chi connectivity index (χ0v) is 20.9. The predicted molar refractivity (Wildman–Crippen MR) is 128 cm³/mol. The number of hydrogen-bond acceptors (Lipinski definition) is 1. The van der Waals surface area contributed by atoms with E-state index in [0.29, 0.717) is 16.7 Å². The summed E-state index contributed by atoms with van der Waals surface area (Å²) in [6.07, 6.45) is 18.4. The van der Waals surface area contributed by atoms with E-state index in [2.05, 4.69) is 53.7 Å². The highest BCUT2D eigenvalue weighted by molar-refractivity contribution is 5.18. The number of allylic oxidation sites excluding steroid dienone is 2. The Morgan fingerprint density at radius 3 is 2.30 bits per heavy atom. The molecule has 30 heavy (non-hydrogen) atoms. The first-order valence-electron chi connectivity index (χ1n) is 13.6. The van der Waals surface area contributed by atoms with Gasteiger partial charge in [0.25, 0.3) is 0 Å². The molecule has 0 spiro atoms. The summed E-state index contributed by atoms with van der Waals surface area (Å²) in [5, 5.41) is 10.3. The van der Waals surface area contributed by atoms with Crippen LogP contribution < -0.4 is 0 Å². The summed E-state index contributed by atoms with van der Waals surface area (Å²) in [5.41, 5.74) is 0.997. The first-order chi connectivity index (χ1) is 14.2. The van der Waals surface area contributed by atoms with E-state index in [4.69, 9.17) is 0 Å². The van der Waals surface area contributed by atoms with Crippen molar-refractivity contribution in [2.45, 2.75) is 112 Å². The largest absolute Gasteiger partial charge is 0.393 e. The number of hydrogen-bond donors (Lipinski definition) is 1. The Kier molecular flexibility index (Phi) is 6.53. The molecular formula is C29H50O. The van der Waals surface area contributed by atoms with Gasteiger partial charge in [-0.05, 0) is 110 Å². The van der Waals surface area contributed by atoms with Crippen LogP contribution in [0.5, 0.6) is 0 Å². The summed E-state index contributed by atoms with van der Waals surface area (Å²) in [6.45, 7) is 15.1. The molecule has 3 fully saturated rings. The van der Waals surface area contributed by atoms with Crippen LogP contribution in [-0.4, -0.2) is 11.2 Å². The Morgan fingerprint density at radius 1 is 0.900 bits per heavy atom. The fourth-order valence-corrected chi connectivity index (χ4v) is 9.26. The van der Waals surface area contributed by atoms with Gasteiger partial charge >= 0.3 is 0 Å². The Balaban J connectivity index is 1.48. The summed E-state index contributed by atoms with van der Waals surface area (Å²) in [4.78, 5) is 0.